The van der Waals surface area contributed by atoms with Crippen molar-refractivity contribution in [2.75, 3.05) is 12.0 Å². The summed E-state index contributed by atoms with van der Waals surface area (Å²) in [6.45, 7) is 1.99. The maximum Gasteiger partial charge on any atom is 0.335 e. The maximum absolute atomic E-state index is 13.2. The maximum atomic E-state index is 13.2. The van der Waals surface area contributed by atoms with Gasteiger partial charge in [0, 0.05) is 4.47 Å². The fraction of sp³-hybridized carbons (Fsp3) is 0.111. The van der Waals surface area contributed by atoms with Gasteiger partial charge in [0.05, 0.1) is 18.4 Å². The van der Waals surface area contributed by atoms with Crippen molar-refractivity contribution < 1.29 is 33.8 Å². The highest BCUT2D eigenvalue weighted by Gasteiger charge is 2.37. The lowest BCUT2D eigenvalue weighted by atomic mass is 10.1. The zero-order chi connectivity index (χ0) is 26.7. The quantitative estimate of drug-likeness (QED) is 0.314. The number of benzene rings is 3. The Balaban J connectivity index is 1.57. The van der Waals surface area contributed by atoms with Gasteiger partial charge in [0.15, 0.2) is 11.5 Å². The average Bonchev–Trinajstić information content (AvgIpc) is 2.87. The monoisotopic (exact) mass is 564 g/mol. The van der Waals surface area contributed by atoms with Crippen LogP contribution in [0.25, 0.3) is 6.08 Å². The van der Waals surface area contributed by atoms with Crippen LogP contribution in [0.3, 0.4) is 0 Å². The van der Waals surface area contributed by atoms with Gasteiger partial charge < -0.3 is 14.6 Å². The number of carbonyl (C=O) groups is 4. The fourth-order valence-corrected chi connectivity index (χ4v) is 3.87. The summed E-state index contributed by atoms with van der Waals surface area (Å²) in [5.41, 5.74) is 2.36. The molecule has 0 radical (unpaired) electrons. The number of carboxylic acids is 1. The lowest BCUT2D eigenvalue weighted by Crippen LogP contribution is -2.54. The van der Waals surface area contributed by atoms with Crippen LogP contribution in [0.1, 0.15) is 27.0 Å². The van der Waals surface area contributed by atoms with Gasteiger partial charge in [-0.05, 0) is 72.2 Å². The lowest BCUT2D eigenvalue weighted by Gasteiger charge is -2.26. The molecule has 0 atom stereocenters. The molecule has 1 heterocycles. The highest BCUT2D eigenvalue weighted by atomic mass is 79.9. The van der Waals surface area contributed by atoms with Crippen LogP contribution in [0.5, 0.6) is 11.5 Å². The number of aryl methyl sites for hydroxylation is 1. The van der Waals surface area contributed by atoms with Gasteiger partial charge in [-0.1, -0.05) is 34.1 Å². The van der Waals surface area contributed by atoms with Crippen LogP contribution in [0.4, 0.5) is 10.5 Å². The zero-order valence-corrected chi connectivity index (χ0v) is 21.4. The summed E-state index contributed by atoms with van der Waals surface area (Å²) in [6, 6.07) is 15.3. The summed E-state index contributed by atoms with van der Waals surface area (Å²) in [5.74, 6) is -1.79. The number of carbonyl (C=O) groups excluding carboxylic acids is 3. The van der Waals surface area contributed by atoms with Crippen LogP contribution in [-0.4, -0.2) is 36.0 Å². The van der Waals surface area contributed by atoms with Crippen molar-refractivity contribution in [3.63, 3.8) is 0 Å². The van der Waals surface area contributed by atoms with E-state index in [1.165, 1.54) is 25.3 Å². The highest BCUT2D eigenvalue weighted by Crippen LogP contribution is 2.31. The molecule has 0 bridgehead atoms. The second-order valence-corrected chi connectivity index (χ2v) is 8.95. The molecular formula is C27H21BrN2O7. The zero-order valence-electron chi connectivity index (χ0n) is 19.8. The van der Waals surface area contributed by atoms with Crippen LogP contribution in [0.2, 0.25) is 0 Å². The first-order valence-corrected chi connectivity index (χ1v) is 11.8. The molecule has 3 aromatic rings. The third-order valence-electron chi connectivity index (χ3n) is 5.60. The van der Waals surface area contributed by atoms with Gasteiger partial charge in [-0.15, -0.1) is 0 Å². The fourth-order valence-electron chi connectivity index (χ4n) is 3.62. The molecule has 4 rings (SSSR count). The number of carboxylic acid groups (broad SMARTS) is 1. The van der Waals surface area contributed by atoms with Gasteiger partial charge in [-0.25, -0.2) is 14.5 Å². The molecule has 10 heteroatoms. The molecular weight excluding hydrogens is 544 g/mol. The van der Waals surface area contributed by atoms with E-state index in [1.54, 1.807) is 48.5 Å². The number of nitrogens with one attached hydrogen (secondary N) is 1. The summed E-state index contributed by atoms with van der Waals surface area (Å²) < 4.78 is 12.0. The second-order valence-electron chi connectivity index (χ2n) is 8.09. The molecule has 0 saturated carbocycles. The Kier molecular flexibility index (Phi) is 7.40. The molecule has 0 spiro atoms. The Labute approximate surface area is 220 Å². The Bertz CT molecular complexity index is 1450. The summed E-state index contributed by atoms with van der Waals surface area (Å²) >= 11 is 3.39. The normalized spacial score (nSPS) is 14.5. The second kappa shape index (κ2) is 10.7. The molecule has 2 N–H and O–H groups in total. The number of hydrogen-bond acceptors (Lipinski definition) is 6. The van der Waals surface area contributed by atoms with Crippen molar-refractivity contribution in [3.05, 3.63) is 93.0 Å². The van der Waals surface area contributed by atoms with Gasteiger partial charge in [-0.2, -0.15) is 0 Å². The Morgan fingerprint density at radius 1 is 1.03 bits per heavy atom. The van der Waals surface area contributed by atoms with Crippen LogP contribution < -0.4 is 19.7 Å². The van der Waals surface area contributed by atoms with E-state index in [1.807, 2.05) is 6.92 Å². The average molecular weight is 565 g/mol. The largest absolute Gasteiger partial charge is 0.493 e. The van der Waals surface area contributed by atoms with E-state index in [9.17, 15) is 19.2 Å². The number of amides is 4. The Morgan fingerprint density at radius 2 is 1.76 bits per heavy atom. The SMILES string of the molecule is COc1cc(/C=C2\C(=O)NC(=O)N(c3ccc(Br)c(C)c3)C2=O)ccc1OCc1ccc(C(=O)O)cc1. The number of hydrogen-bond donors (Lipinski definition) is 2. The first-order valence-electron chi connectivity index (χ1n) is 11.0. The van der Waals surface area contributed by atoms with Crippen LogP contribution in [0, 0.1) is 6.92 Å². The Morgan fingerprint density at radius 3 is 2.41 bits per heavy atom. The number of barbiturate groups is 1. The molecule has 0 unspecified atom stereocenters. The first kappa shape index (κ1) is 25.6. The first-order chi connectivity index (χ1) is 17.7. The van der Waals surface area contributed by atoms with Crippen LogP contribution in [0.15, 0.2) is 70.7 Å². The van der Waals surface area contributed by atoms with E-state index in [2.05, 4.69) is 21.2 Å². The summed E-state index contributed by atoms with van der Waals surface area (Å²) in [5, 5.41) is 11.2. The van der Waals surface area contributed by atoms with Crippen molar-refractivity contribution >= 4 is 51.5 Å². The van der Waals surface area contributed by atoms with Crippen molar-refractivity contribution in [2.24, 2.45) is 0 Å². The minimum absolute atomic E-state index is 0.168. The van der Waals surface area contributed by atoms with Crippen molar-refractivity contribution in [1.29, 1.82) is 0 Å². The van der Waals surface area contributed by atoms with E-state index in [4.69, 9.17) is 14.6 Å². The number of nitrogens with zero attached hydrogens (tertiary/aromatic N) is 1. The number of rotatable bonds is 7. The van der Waals surface area contributed by atoms with E-state index in [0.717, 1.165) is 20.5 Å². The number of urea groups is 1. The molecule has 1 saturated heterocycles. The molecule has 4 amide bonds. The molecule has 1 aliphatic heterocycles. The molecule has 3 aromatic carbocycles. The van der Waals surface area contributed by atoms with Crippen molar-refractivity contribution in [2.45, 2.75) is 13.5 Å². The molecule has 0 aromatic heterocycles. The lowest BCUT2D eigenvalue weighted by molar-refractivity contribution is -0.122. The predicted octanol–water partition coefficient (Wildman–Crippen LogP) is 4.71. The predicted molar refractivity (Wildman–Crippen MR) is 139 cm³/mol. The van der Waals surface area contributed by atoms with Gasteiger partial charge >= 0.3 is 12.0 Å². The van der Waals surface area contributed by atoms with Crippen molar-refractivity contribution in [1.82, 2.24) is 5.32 Å². The smallest absolute Gasteiger partial charge is 0.335 e. The van der Waals surface area contributed by atoms with Gasteiger partial charge in [0.25, 0.3) is 11.8 Å². The van der Waals surface area contributed by atoms with Crippen LogP contribution >= 0.6 is 15.9 Å². The standard InChI is InChI=1S/C27H21BrN2O7/c1-15-11-19(8-9-21(15)28)30-25(32)20(24(31)29-27(30)35)12-17-5-10-22(23(13-17)36-2)37-14-16-3-6-18(7-4-16)26(33)34/h3-13H,14H2,1-2H3,(H,33,34)(H,29,31,35)/b20-12+. The van der Waals surface area contributed by atoms with Gasteiger partial charge in [-0.3, -0.25) is 14.9 Å². The van der Waals surface area contributed by atoms with E-state index in [0.29, 0.717) is 22.7 Å². The Hall–Kier alpha value is -4.44. The molecule has 9 nitrogen and oxygen atoms in total. The van der Waals surface area contributed by atoms with E-state index in [-0.39, 0.29) is 17.7 Å². The van der Waals surface area contributed by atoms with E-state index >= 15 is 0 Å². The number of aromatic carboxylic acids is 1. The van der Waals surface area contributed by atoms with Gasteiger partial charge in [0.1, 0.15) is 12.2 Å². The number of halogens is 1. The molecule has 1 fully saturated rings. The van der Waals surface area contributed by atoms with Crippen LogP contribution in [-0.2, 0) is 16.2 Å². The molecule has 188 valence electrons. The minimum atomic E-state index is -1.01. The highest BCUT2D eigenvalue weighted by molar-refractivity contribution is 9.10. The number of anilines is 1. The van der Waals surface area contributed by atoms with Crippen molar-refractivity contribution in [3.8, 4) is 11.5 Å². The molecule has 0 aliphatic carbocycles. The third-order valence-corrected chi connectivity index (χ3v) is 6.49. The number of ether oxygens (including phenoxy) is 2. The minimum Gasteiger partial charge on any atom is -0.493 e. The third kappa shape index (κ3) is 5.54. The summed E-state index contributed by atoms with van der Waals surface area (Å²) in [4.78, 5) is 50.1. The molecule has 37 heavy (non-hydrogen) atoms. The number of methoxy groups -OCH3 is 1. The van der Waals surface area contributed by atoms with Gasteiger partial charge in [0.2, 0.25) is 0 Å². The number of imide groups is 2. The summed E-state index contributed by atoms with van der Waals surface area (Å²) in [6.07, 6.45) is 1.37. The summed E-state index contributed by atoms with van der Waals surface area (Å²) in [7, 11) is 1.45. The topological polar surface area (TPSA) is 122 Å². The molecule has 1 aliphatic rings. The van der Waals surface area contributed by atoms with E-state index < -0.39 is 23.8 Å².